The maximum atomic E-state index is 12.7. The van der Waals surface area contributed by atoms with Crippen LogP contribution in [0.4, 0.5) is 5.69 Å². The lowest BCUT2D eigenvalue weighted by molar-refractivity contribution is -0.385. The maximum absolute atomic E-state index is 12.7. The standard InChI is InChI=1S/C21H24N2O7/c1-13-9-17(14(2)22(13)11-16-5-4-8-29-16)19(24)12-30-20-7-6-15(21(25)28-3)10-18(20)23(26)27/h6-7,9-10,16H,4-5,8,11-12H2,1-3H3/t16-/m1/s1. The zero-order valence-electron chi connectivity index (χ0n) is 17.2. The fourth-order valence-corrected chi connectivity index (χ4v) is 3.60. The van der Waals surface area contributed by atoms with E-state index in [1.54, 1.807) is 6.07 Å². The number of rotatable bonds is 8. The molecule has 1 aromatic heterocycles. The van der Waals surface area contributed by atoms with E-state index in [1.165, 1.54) is 19.2 Å². The first-order chi connectivity index (χ1) is 14.3. The molecule has 0 unspecified atom stereocenters. The number of hydrogen-bond donors (Lipinski definition) is 0. The lowest BCUT2D eigenvalue weighted by atomic mass is 10.1. The predicted octanol–water partition coefficient (Wildman–Crippen LogP) is 3.24. The quantitative estimate of drug-likeness (QED) is 0.281. The highest BCUT2D eigenvalue weighted by atomic mass is 16.6. The minimum atomic E-state index is -0.695. The molecule has 1 aromatic carbocycles. The fourth-order valence-electron chi connectivity index (χ4n) is 3.60. The zero-order valence-corrected chi connectivity index (χ0v) is 17.2. The van der Waals surface area contributed by atoms with Crippen molar-refractivity contribution in [1.29, 1.82) is 0 Å². The molecule has 1 aliphatic rings. The lowest BCUT2D eigenvalue weighted by Crippen LogP contribution is -2.18. The van der Waals surface area contributed by atoms with Crippen LogP contribution in [0.25, 0.3) is 0 Å². The summed E-state index contributed by atoms with van der Waals surface area (Å²) >= 11 is 0. The van der Waals surface area contributed by atoms with Crippen molar-refractivity contribution in [3.63, 3.8) is 0 Å². The number of methoxy groups -OCH3 is 1. The van der Waals surface area contributed by atoms with Crippen molar-refractivity contribution < 1.29 is 28.7 Å². The number of ketones is 1. The van der Waals surface area contributed by atoms with Gasteiger partial charge in [0.25, 0.3) is 0 Å². The van der Waals surface area contributed by atoms with E-state index in [-0.39, 0.29) is 29.8 Å². The number of carbonyl (C=O) groups is 2. The molecule has 0 N–H and O–H groups in total. The molecule has 1 saturated heterocycles. The Labute approximate surface area is 173 Å². The smallest absolute Gasteiger partial charge is 0.338 e. The van der Waals surface area contributed by atoms with Gasteiger partial charge in [-0.05, 0) is 44.9 Å². The van der Waals surface area contributed by atoms with E-state index in [0.717, 1.165) is 36.9 Å². The third kappa shape index (κ3) is 4.51. The van der Waals surface area contributed by atoms with Gasteiger partial charge in [-0.1, -0.05) is 0 Å². The Morgan fingerprint density at radius 2 is 2.07 bits per heavy atom. The molecule has 1 aliphatic heterocycles. The van der Waals surface area contributed by atoms with Crippen molar-refractivity contribution in [2.45, 2.75) is 39.3 Å². The molecule has 0 amide bonds. The van der Waals surface area contributed by atoms with Gasteiger partial charge in [0.2, 0.25) is 5.78 Å². The number of ether oxygens (including phenoxy) is 3. The largest absolute Gasteiger partial charge is 0.478 e. The van der Waals surface area contributed by atoms with E-state index in [2.05, 4.69) is 9.30 Å². The number of nitro benzene ring substituents is 1. The van der Waals surface area contributed by atoms with Gasteiger partial charge in [-0.3, -0.25) is 14.9 Å². The van der Waals surface area contributed by atoms with Crippen LogP contribution in [-0.4, -0.2) is 47.7 Å². The normalized spacial score (nSPS) is 15.8. The second-order valence-electron chi connectivity index (χ2n) is 7.17. The number of Topliss-reactive ketones (excluding diaryl/α,β-unsaturated/α-hetero) is 1. The number of hydrogen-bond acceptors (Lipinski definition) is 7. The fraction of sp³-hybridized carbons (Fsp3) is 0.429. The van der Waals surface area contributed by atoms with Gasteiger partial charge < -0.3 is 18.8 Å². The number of nitrogens with zero attached hydrogens (tertiary/aromatic N) is 2. The van der Waals surface area contributed by atoms with Crippen molar-refractivity contribution in [3.05, 3.63) is 56.9 Å². The third-order valence-corrected chi connectivity index (χ3v) is 5.22. The summed E-state index contributed by atoms with van der Waals surface area (Å²) in [6.07, 6.45) is 2.18. The molecule has 0 aliphatic carbocycles. The first kappa shape index (κ1) is 21.5. The first-order valence-electron chi connectivity index (χ1n) is 9.63. The van der Waals surface area contributed by atoms with Crippen LogP contribution in [0.2, 0.25) is 0 Å². The molecule has 1 atom stereocenters. The third-order valence-electron chi connectivity index (χ3n) is 5.22. The van der Waals surface area contributed by atoms with E-state index >= 15 is 0 Å². The highest BCUT2D eigenvalue weighted by Gasteiger charge is 2.23. The lowest BCUT2D eigenvalue weighted by Gasteiger charge is -2.14. The average molecular weight is 416 g/mol. The molecular weight excluding hydrogens is 392 g/mol. The average Bonchev–Trinajstić information content (AvgIpc) is 3.35. The molecule has 9 heteroatoms. The number of carbonyl (C=O) groups excluding carboxylic acids is 2. The van der Waals surface area contributed by atoms with Crippen LogP contribution < -0.4 is 4.74 Å². The summed E-state index contributed by atoms with van der Waals surface area (Å²) in [5.74, 6) is -1.07. The summed E-state index contributed by atoms with van der Waals surface area (Å²) in [6.45, 7) is 4.88. The second kappa shape index (κ2) is 9.08. The molecule has 0 spiro atoms. The molecule has 0 bridgehead atoms. The minimum absolute atomic E-state index is 0.0283. The summed E-state index contributed by atoms with van der Waals surface area (Å²) in [4.78, 5) is 35.0. The number of aryl methyl sites for hydroxylation is 1. The van der Waals surface area contributed by atoms with Gasteiger partial charge in [-0.25, -0.2) is 4.79 Å². The molecule has 0 saturated carbocycles. The minimum Gasteiger partial charge on any atom is -0.478 e. The van der Waals surface area contributed by atoms with Crippen LogP contribution in [-0.2, 0) is 16.0 Å². The van der Waals surface area contributed by atoms with E-state index in [0.29, 0.717) is 12.1 Å². The van der Waals surface area contributed by atoms with Gasteiger partial charge in [-0.15, -0.1) is 0 Å². The number of benzene rings is 1. The molecular formula is C21H24N2O7. The molecule has 160 valence electrons. The van der Waals surface area contributed by atoms with Gasteiger partial charge in [0.1, 0.15) is 0 Å². The summed E-state index contributed by atoms with van der Waals surface area (Å²) in [7, 11) is 1.19. The Kier molecular flexibility index (Phi) is 6.51. The predicted molar refractivity (Wildman–Crippen MR) is 107 cm³/mol. The van der Waals surface area contributed by atoms with Crippen LogP contribution in [0.5, 0.6) is 5.75 Å². The maximum Gasteiger partial charge on any atom is 0.338 e. The molecule has 2 aromatic rings. The van der Waals surface area contributed by atoms with Gasteiger partial charge >= 0.3 is 11.7 Å². The summed E-state index contributed by atoms with van der Waals surface area (Å²) < 4.78 is 17.8. The van der Waals surface area contributed by atoms with Crippen LogP contribution in [0.3, 0.4) is 0 Å². The summed E-state index contributed by atoms with van der Waals surface area (Å²) in [6, 6.07) is 5.51. The van der Waals surface area contributed by atoms with Crippen molar-refractivity contribution >= 4 is 17.4 Å². The summed E-state index contributed by atoms with van der Waals surface area (Å²) in [5, 5.41) is 11.3. The Morgan fingerprint density at radius 1 is 1.30 bits per heavy atom. The Hall–Kier alpha value is -3.20. The molecule has 9 nitrogen and oxygen atoms in total. The monoisotopic (exact) mass is 416 g/mol. The Morgan fingerprint density at radius 3 is 2.70 bits per heavy atom. The first-order valence-corrected chi connectivity index (χ1v) is 9.63. The van der Waals surface area contributed by atoms with Crippen molar-refractivity contribution in [3.8, 4) is 5.75 Å². The van der Waals surface area contributed by atoms with Crippen molar-refractivity contribution in [2.75, 3.05) is 20.3 Å². The highest BCUT2D eigenvalue weighted by Crippen LogP contribution is 2.29. The molecule has 30 heavy (non-hydrogen) atoms. The van der Waals surface area contributed by atoms with Gasteiger partial charge in [0, 0.05) is 36.2 Å². The topological polar surface area (TPSA) is 110 Å². The Bertz CT molecular complexity index is 974. The number of esters is 1. The number of aromatic nitrogens is 1. The van der Waals surface area contributed by atoms with Crippen LogP contribution >= 0.6 is 0 Å². The van der Waals surface area contributed by atoms with Crippen LogP contribution in [0.1, 0.15) is 44.9 Å². The molecule has 1 fully saturated rings. The van der Waals surface area contributed by atoms with E-state index in [1.807, 2.05) is 13.8 Å². The molecule has 3 rings (SSSR count). The highest BCUT2D eigenvalue weighted by molar-refractivity contribution is 5.98. The summed E-state index contributed by atoms with van der Waals surface area (Å²) in [5.41, 5.74) is 1.89. The van der Waals surface area contributed by atoms with Gasteiger partial charge in [0.15, 0.2) is 12.4 Å². The SMILES string of the molecule is COC(=O)c1ccc(OCC(=O)c2cc(C)n(C[C@H]3CCCO3)c2C)c([N+](=O)[O-])c1. The van der Waals surface area contributed by atoms with Crippen LogP contribution in [0.15, 0.2) is 24.3 Å². The number of nitro groups is 1. The van der Waals surface area contributed by atoms with E-state index in [9.17, 15) is 19.7 Å². The van der Waals surface area contributed by atoms with Crippen molar-refractivity contribution in [1.82, 2.24) is 4.57 Å². The van der Waals surface area contributed by atoms with Crippen LogP contribution in [0, 0.1) is 24.0 Å². The zero-order chi connectivity index (χ0) is 21.8. The van der Waals surface area contributed by atoms with Gasteiger partial charge in [0.05, 0.1) is 23.7 Å². The van der Waals surface area contributed by atoms with E-state index < -0.39 is 16.6 Å². The second-order valence-corrected chi connectivity index (χ2v) is 7.17. The molecule has 2 heterocycles. The van der Waals surface area contributed by atoms with Gasteiger partial charge in [-0.2, -0.15) is 0 Å². The molecule has 0 radical (unpaired) electrons. The van der Waals surface area contributed by atoms with Crippen molar-refractivity contribution in [2.24, 2.45) is 0 Å². The van der Waals surface area contributed by atoms with E-state index in [4.69, 9.17) is 9.47 Å². The Balaban J connectivity index is 1.74.